The van der Waals surface area contributed by atoms with Crippen molar-refractivity contribution in [3.05, 3.63) is 47.7 Å². The van der Waals surface area contributed by atoms with Crippen molar-refractivity contribution < 1.29 is 23.4 Å². The minimum atomic E-state index is -0.700. The third kappa shape index (κ3) is 6.26. The summed E-state index contributed by atoms with van der Waals surface area (Å²) >= 11 is 0. The number of piperidine rings is 1. The lowest BCUT2D eigenvalue weighted by Gasteiger charge is -2.32. The summed E-state index contributed by atoms with van der Waals surface area (Å²) in [7, 11) is 3.45. The smallest absolute Gasteiger partial charge is 0.319 e. The van der Waals surface area contributed by atoms with Gasteiger partial charge in [0.15, 0.2) is 5.82 Å². The van der Waals surface area contributed by atoms with Crippen molar-refractivity contribution >= 4 is 33.4 Å². The van der Waals surface area contributed by atoms with Gasteiger partial charge in [0.1, 0.15) is 35.2 Å². The van der Waals surface area contributed by atoms with Crippen LogP contribution in [0.3, 0.4) is 0 Å². The number of pyridine rings is 1. The minimum absolute atomic E-state index is 0.0122. The van der Waals surface area contributed by atoms with Gasteiger partial charge in [0.05, 0.1) is 16.5 Å². The summed E-state index contributed by atoms with van der Waals surface area (Å²) in [6.07, 6.45) is 14.8. The van der Waals surface area contributed by atoms with E-state index >= 15 is 4.39 Å². The molecule has 47 heavy (non-hydrogen) atoms. The highest BCUT2D eigenvalue weighted by Gasteiger charge is 2.45. The molecule has 3 aliphatic rings. The summed E-state index contributed by atoms with van der Waals surface area (Å²) in [6, 6.07) is 5.71. The van der Waals surface area contributed by atoms with Gasteiger partial charge in [-0.2, -0.15) is 9.97 Å². The van der Waals surface area contributed by atoms with E-state index in [2.05, 4.69) is 25.7 Å². The van der Waals surface area contributed by atoms with Gasteiger partial charge in [0, 0.05) is 51.3 Å². The van der Waals surface area contributed by atoms with Crippen LogP contribution in [0.25, 0.3) is 32.9 Å². The molecule has 0 spiro atoms. The number of ether oxygens (including phenoxy) is 1. The fourth-order valence-electron chi connectivity index (χ4n) is 7.03. The summed E-state index contributed by atoms with van der Waals surface area (Å²) in [6.45, 7) is 5.73. The second-order valence-corrected chi connectivity index (χ2v) is 12.8. The normalized spacial score (nSPS) is 17.2. The molecule has 0 aliphatic carbocycles. The van der Waals surface area contributed by atoms with Crippen LogP contribution in [0.2, 0.25) is 0 Å². The number of carbonyl (C=O) groups excluding carboxylic acids is 1. The Bertz CT molecular complexity index is 1860. The monoisotopic (exact) mass is 642 g/mol. The van der Waals surface area contributed by atoms with Crippen LogP contribution in [0, 0.1) is 24.0 Å². The topological polar surface area (TPSA) is 94.9 Å². The van der Waals surface area contributed by atoms with Crippen molar-refractivity contribution in [3.8, 4) is 35.4 Å². The molecule has 1 amide bonds. The van der Waals surface area contributed by atoms with Gasteiger partial charge in [-0.25, -0.2) is 8.78 Å². The number of terminal acetylenes is 1. The van der Waals surface area contributed by atoms with E-state index in [-0.39, 0.29) is 45.5 Å². The molecule has 7 rings (SSSR count). The largest absolute Gasteiger partial charge is 0.508 e. The highest BCUT2D eigenvalue weighted by atomic mass is 19.1. The van der Waals surface area contributed by atoms with E-state index in [4.69, 9.17) is 16.1 Å². The number of phenols is 1. The first kappa shape index (κ1) is 32.4. The summed E-state index contributed by atoms with van der Waals surface area (Å²) in [5.74, 6) is 1.66. The lowest BCUT2D eigenvalue weighted by molar-refractivity contribution is -0.126. The number of hydrogen-bond donors (Lipinski definition) is 1. The van der Waals surface area contributed by atoms with Crippen molar-refractivity contribution in [1.29, 1.82) is 0 Å². The molecule has 9 nitrogen and oxygen atoms in total. The molecule has 4 aromatic rings. The molecule has 2 aromatic carbocycles. The summed E-state index contributed by atoms with van der Waals surface area (Å²) < 4.78 is 37.6. The maximum atomic E-state index is 16.6. The van der Waals surface area contributed by atoms with E-state index < -0.39 is 11.6 Å². The second kappa shape index (κ2) is 13.3. The Hall–Kier alpha value is -4.56. The number of amides is 1. The number of carbonyl (C=O) groups is 1. The van der Waals surface area contributed by atoms with Crippen LogP contribution < -0.4 is 9.64 Å². The molecular formula is C36H40F2N6O3. The Kier molecular flexibility index (Phi) is 9.15. The second-order valence-electron chi connectivity index (χ2n) is 12.8. The molecule has 2 aromatic heterocycles. The average Bonchev–Trinajstić information content (AvgIpc) is 3.65. The fraction of sp³-hybridized carbons (Fsp3) is 0.444. The maximum Gasteiger partial charge on any atom is 0.319 e. The van der Waals surface area contributed by atoms with Crippen LogP contribution in [0.15, 0.2) is 30.5 Å². The first-order chi connectivity index (χ1) is 22.6. The van der Waals surface area contributed by atoms with Crippen LogP contribution in [-0.2, 0) is 4.79 Å². The van der Waals surface area contributed by atoms with Gasteiger partial charge in [-0.3, -0.25) is 14.7 Å². The SMILES string of the molecule is C#Cc1c(F)ccc2cc(O)cc(-c3ncc4c(N5CCCCC5)nc(OCC56CCCN5CCC6)nc4c3F)c12.CC(=O)N(C)C. The van der Waals surface area contributed by atoms with Gasteiger partial charge in [0.2, 0.25) is 5.91 Å². The number of aromatic hydroxyl groups is 1. The van der Waals surface area contributed by atoms with Crippen molar-refractivity contribution in [1.82, 2.24) is 24.8 Å². The zero-order valence-corrected chi connectivity index (χ0v) is 27.2. The molecule has 0 radical (unpaired) electrons. The highest BCUT2D eigenvalue weighted by Crippen LogP contribution is 2.41. The van der Waals surface area contributed by atoms with Gasteiger partial charge in [-0.05, 0) is 81.6 Å². The van der Waals surface area contributed by atoms with Crippen molar-refractivity contribution in [2.45, 2.75) is 57.4 Å². The predicted molar refractivity (Wildman–Crippen MR) is 178 cm³/mol. The average molecular weight is 643 g/mol. The van der Waals surface area contributed by atoms with Crippen LogP contribution in [0.1, 0.15) is 57.4 Å². The molecule has 0 bridgehead atoms. The summed E-state index contributed by atoms with van der Waals surface area (Å²) in [5.41, 5.74) is 0.159. The van der Waals surface area contributed by atoms with Gasteiger partial charge in [-0.1, -0.05) is 12.0 Å². The first-order valence-electron chi connectivity index (χ1n) is 16.2. The Labute approximate surface area is 273 Å². The molecule has 3 fully saturated rings. The molecule has 246 valence electrons. The Morgan fingerprint density at radius 1 is 1.06 bits per heavy atom. The van der Waals surface area contributed by atoms with Gasteiger partial charge in [-0.15, -0.1) is 6.42 Å². The predicted octanol–water partition coefficient (Wildman–Crippen LogP) is 5.90. The molecule has 3 aliphatic heterocycles. The molecule has 0 unspecified atom stereocenters. The Morgan fingerprint density at radius 3 is 2.43 bits per heavy atom. The number of anilines is 1. The fourth-order valence-corrected chi connectivity index (χ4v) is 7.03. The lowest BCUT2D eigenvalue weighted by atomic mass is 9.95. The van der Waals surface area contributed by atoms with Crippen molar-refractivity contribution in [3.63, 3.8) is 0 Å². The zero-order chi connectivity index (χ0) is 33.3. The first-order valence-corrected chi connectivity index (χ1v) is 16.2. The Morgan fingerprint density at radius 2 is 1.77 bits per heavy atom. The summed E-state index contributed by atoms with van der Waals surface area (Å²) in [4.78, 5) is 30.1. The van der Waals surface area contributed by atoms with Gasteiger partial charge >= 0.3 is 6.01 Å². The van der Waals surface area contributed by atoms with Crippen LogP contribution in [0.5, 0.6) is 11.8 Å². The number of hydrogen-bond acceptors (Lipinski definition) is 8. The molecule has 3 saturated heterocycles. The summed E-state index contributed by atoms with van der Waals surface area (Å²) in [5, 5.41) is 11.7. The van der Waals surface area contributed by atoms with E-state index in [1.807, 2.05) is 0 Å². The zero-order valence-electron chi connectivity index (χ0n) is 27.2. The third-order valence-electron chi connectivity index (χ3n) is 9.66. The van der Waals surface area contributed by atoms with Crippen LogP contribution in [-0.4, -0.2) is 88.2 Å². The van der Waals surface area contributed by atoms with E-state index in [1.165, 1.54) is 36.1 Å². The third-order valence-corrected chi connectivity index (χ3v) is 9.66. The minimum Gasteiger partial charge on any atom is -0.508 e. The molecule has 1 N–H and O–H groups in total. The molecule has 0 saturated carbocycles. The Balaban J connectivity index is 0.000000591. The number of rotatable bonds is 5. The highest BCUT2D eigenvalue weighted by molar-refractivity contribution is 6.03. The lowest BCUT2D eigenvalue weighted by Crippen LogP contribution is -2.43. The number of benzene rings is 2. The van der Waals surface area contributed by atoms with E-state index in [0.29, 0.717) is 28.6 Å². The number of halogens is 2. The van der Waals surface area contributed by atoms with E-state index in [9.17, 15) is 14.3 Å². The molecular weight excluding hydrogens is 602 g/mol. The van der Waals surface area contributed by atoms with Crippen molar-refractivity contribution in [2.24, 2.45) is 0 Å². The van der Waals surface area contributed by atoms with E-state index in [1.54, 1.807) is 20.3 Å². The standard InChI is InChI=1S/C32H31F2N5O2.C4H9NO/c1-2-22-25(33)9-8-20-16-21(40)17-23(26(20)22)28-27(34)29-24(18-35-28)30(38-12-4-3-5-13-38)37-31(36-29)41-19-32-10-6-14-39(32)15-7-11-32;1-4(6)5(2)3/h1,8-9,16-18,40H,3-7,10-15,19H2;1-3H3. The van der Waals surface area contributed by atoms with Crippen LogP contribution >= 0.6 is 0 Å². The van der Waals surface area contributed by atoms with Gasteiger partial charge in [0.25, 0.3) is 0 Å². The number of phenolic OH excluding ortho intramolecular Hbond substituents is 1. The van der Waals surface area contributed by atoms with E-state index in [0.717, 1.165) is 71.1 Å². The number of fused-ring (bicyclic) bond motifs is 3. The van der Waals surface area contributed by atoms with Crippen LogP contribution in [0.4, 0.5) is 14.6 Å². The molecule has 0 atom stereocenters. The quantitative estimate of drug-likeness (QED) is 0.269. The molecule has 11 heteroatoms. The van der Waals surface area contributed by atoms with Gasteiger partial charge < -0.3 is 19.6 Å². The maximum absolute atomic E-state index is 16.6. The number of aromatic nitrogens is 3. The molecule has 5 heterocycles. The number of nitrogens with zero attached hydrogens (tertiary/aromatic N) is 6. The van der Waals surface area contributed by atoms with Crippen molar-refractivity contribution in [2.75, 3.05) is 51.8 Å².